The third-order valence-electron chi connectivity index (χ3n) is 1.20. The summed E-state index contributed by atoms with van der Waals surface area (Å²) in [6.07, 6.45) is 3.93. The Morgan fingerprint density at radius 3 is 2.25 bits per heavy atom. The average Bonchev–Trinajstić information content (AvgIpc) is 2.06. The van der Waals surface area contributed by atoms with Crippen LogP contribution in [0.2, 0.25) is 0 Å². The first-order valence-corrected chi connectivity index (χ1v) is 4.44. The largest absolute Gasteiger partial charge is 0.399 e. The van der Waals surface area contributed by atoms with Gasteiger partial charge in [-0.3, -0.25) is 4.98 Å². The molecular formula is C10H18N2. The monoisotopic (exact) mass is 166 g/mol. The van der Waals surface area contributed by atoms with Crippen molar-refractivity contribution >= 4 is 5.69 Å². The molecule has 0 fully saturated rings. The van der Waals surface area contributed by atoms with Crippen LogP contribution in [0.5, 0.6) is 0 Å². The number of nitrogen functional groups attached to an aromatic ring is 1. The van der Waals surface area contributed by atoms with Crippen LogP contribution in [0.25, 0.3) is 0 Å². The molecule has 0 radical (unpaired) electrons. The number of aryl methyl sites for hydroxylation is 1. The molecular weight excluding hydrogens is 148 g/mol. The van der Waals surface area contributed by atoms with Crippen molar-refractivity contribution in [3.63, 3.8) is 0 Å². The minimum absolute atomic E-state index is 0.793. The van der Waals surface area contributed by atoms with Crippen LogP contribution in [0.4, 0.5) is 5.69 Å². The highest BCUT2D eigenvalue weighted by Crippen LogP contribution is 2.02. The number of anilines is 1. The number of aromatic nitrogens is 1. The zero-order valence-corrected chi connectivity index (χ0v) is 8.17. The van der Waals surface area contributed by atoms with E-state index in [9.17, 15) is 0 Å². The molecule has 2 heteroatoms. The molecule has 0 aliphatic carbocycles. The fourth-order valence-corrected chi connectivity index (χ4v) is 0.690. The number of nitrogens with zero attached hydrogens (tertiary/aromatic N) is 1. The number of nitrogens with two attached hydrogens (primary N) is 1. The van der Waals surface area contributed by atoms with E-state index in [4.69, 9.17) is 5.73 Å². The van der Waals surface area contributed by atoms with E-state index < -0.39 is 0 Å². The van der Waals surface area contributed by atoms with Crippen LogP contribution in [0.15, 0.2) is 18.3 Å². The van der Waals surface area contributed by atoms with Gasteiger partial charge in [0.2, 0.25) is 0 Å². The molecule has 0 spiro atoms. The summed E-state index contributed by atoms with van der Waals surface area (Å²) in [7, 11) is 0. The Hall–Kier alpha value is -1.05. The van der Waals surface area contributed by atoms with Gasteiger partial charge in [0.15, 0.2) is 0 Å². The van der Waals surface area contributed by atoms with Crippen molar-refractivity contribution in [2.75, 3.05) is 5.73 Å². The molecule has 1 rings (SSSR count). The fourth-order valence-electron chi connectivity index (χ4n) is 0.690. The van der Waals surface area contributed by atoms with Gasteiger partial charge in [0.1, 0.15) is 0 Å². The summed E-state index contributed by atoms with van der Waals surface area (Å²) in [5.41, 5.74) is 7.34. The Bertz CT molecular complexity index is 209. The van der Waals surface area contributed by atoms with Crippen LogP contribution in [0.3, 0.4) is 0 Å². The molecule has 0 aliphatic heterocycles. The third kappa shape index (κ3) is 4.72. The van der Waals surface area contributed by atoms with Gasteiger partial charge in [-0.1, -0.05) is 27.2 Å². The minimum atomic E-state index is 0.793. The van der Waals surface area contributed by atoms with Gasteiger partial charge in [0.25, 0.3) is 0 Å². The molecule has 1 aromatic heterocycles. The van der Waals surface area contributed by atoms with E-state index in [1.807, 2.05) is 6.07 Å². The molecule has 2 nitrogen and oxygen atoms in total. The molecule has 1 heterocycles. The molecule has 0 amide bonds. The smallest absolute Gasteiger partial charge is 0.0421 e. The van der Waals surface area contributed by atoms with Crippen molar-refractivity contribution in [3.8, 4) is 0 Å². The lowest BCUT2D eigenvalue weighted by molar-refractivity contribution is 1.04. The highest BCUT2D eigenvalue weighted by Gasteiger charge is 1.87. The van der Waals surface area contributed by atoms with Gasteiger partial charge in [-0.15, -0.1) is 0 Å². The maximum atomic E-state index is 5.49. The molecule has 0 unspecified atom stereocenters. The lowest BCUT2D eigenvalue weighted by Gasteiger charge is -1.94. The summed E-state index contributed by atoms with van der Waals surface area (Å²) in [6.45, 7) is 6.31. The van der Waals surface area contributed by atoms with E-state index in [1.165, 1.54) is 6.42 Å². The van der Waals surface area contributed by atoms with E-state index in [-0.39, 0.29) is 0 Å². The van der Waals surface area contributed by atoms with E-state index in [0.29, 0.717) is 0 Å². The van der Waals surface area contributed by atoms with Gasteiger partial charge < -0.3 is 5.73 Å². The van der Waals surface area contributed by atoms with Crippen LogP contribution < -0.4 is 5.73 Å². The normalized spacial score (nSPS) is 8.58. The maximum absolute atomic E-state index is 5.49. The highest BCUT2D eigenvalue weighted by atomic mass is 14.7. The van der Waals surface area contributed by atoms with Crippen molar-refractivity contribution in [3.05, 3.63) is 24.0 Å². The molecule has 0 aliphatic rings. The Labute approximate surface area is 74.8 Å². The van der Waals surface area contributed by atoms with Crippen molar-refractivity contribution < 1.29 is 0 Å². The first kappa shape index (κ1) is 11.0. The molecule has 0 aromatic carbocycles. The number of rotatable bonds is 1. The molecule has 0 saturated heterocycles. The summed E-state index contributed by atoms with van der Waals surface area (Å²) in [5, 5.41) is 0. The Morgan fingerprint density at radius 1 is 1.33 bits per heavy atom. The van der Waals surface area contributed by atoms with Gasteiger partial charge in [-0.25, -0.2) is 0 Å². The molecule has 2 N–H and O–H groups in total. The Morgan fingerprint density at radius 2 is 1.92 bits per heavy atom. The standard InChI is InChI=1S/C7H10N2.C3H8/c1-2-7-5-6(8)3-4-9-7;1-3-2/h3-5H,2H2,1H3,(H2,8,9);3H2,1-2H3. The van der Waals surface area contributed by atoms with Crippen LogP contribution in [0, 0.1) is 0 Å². The van der Waals surface area contributed by atoms with Gasteiger partial charge in [0, 0.05) is 17.6 Å². The van der Waals surface area contributed by atoms with E-state index >= 15 is 0 Å². The number of hydrogen-bond acceptors (Lipinski definition) is 2. The Kier molecular flexibility index (Phi) is 6.07. The molecule has 0 saturated carbocycles. The van der Waals surface area contributed by atoms with E-state index in [2.05, 4.69) is 25.8 Å². The summed E-state index contributed by atoms with van der Waals surface area (Å²) in [6, 6.07) is 3.68. The van der Waals surface area contributed by atoms with Crippen LogP contribution in [0.1, 0.15) is 32.9 Å². The first-order chi connectivity index (χ1) is 5.74. The molecule has 0 bridgehead atoms. The Balaban J connectivity index is 0.000000354. The lowest BCUT2D eigenvalue weighted by Crippen LogP contribution is -1.89. The zero-order valence-electron chi connectivity index (χ0n) is 8.17. The van der Waals surface area contributed by atoms with E-state index in [0.717, 1.165) is 17.8 Å². The molecule has 68 valence electrons. The first-order valence-electron chi connectivity index (χ1n) is 4.44. The van der Waals surface area contributed by atoms with E-state index in [1.54, 1.807) is 12.3 Å². The summed E-state index contributed by atoms with van der Waals surface area (Å²) >= 11 is 0. The highest BCUT2D eigenvalue weighted by molar-refractivity contribution is 5.36. The topological polar surface area (TPSA) is 38.9 Å². The second-order valence-corrected chi connectivity index (χ2v) is 2.64. The lowest BCUT2D eigenvalue weighted by atomic mass is 10.3. The van der Waals surface area contributed by atoms with Gasteiger partial charge in [0.05, 0.1) is 0 Å². The summed E-state index contributed by atoms with van der Waals surface area (Å²) in [5.74, 6) is 0. The van der Waals surface area contributed by atoms with Crippen LogP contribution in [-0.4, -0.2) is 4.98 Å². The molecule has 1 aromatic rings. The van der Waals surface area contributed by atoms with Crippen LogP contribution >= 0.6 is 0 Å². The number of pyridine rings is 1. The number of hydrogen-bond donors (Lipinski definition) is 1. The third-order valence-corrected chi connectivity index (χ3v) is 1.20. The van der Waals surface area contributed by atoms with Crippen molar-refractivity contribution in [2.24, 2.45) is 0 Å². The minimum Gasteiger partial charge on any atom is -0.399 e. The van der Waals surface area contributed by atoms with Gasteiger partial charge in [-0.2, -0.15) is 0 Å². The second-order valence-electron chi connectivity index (χ2n) is 2.64. The maximum Gasteiger partial charge on any atom is 0.0421 e. The average molecular weight is 166 g/mol. The van der Waals surface area contributed by atoms with Gasteiger partial charge in [-0.05, 0) is 18.6 Å². The quantitative estimate of drug-likeness (QED) is 0.696. The predicted octanol–water partition coefficient (Wildman–Crippen LogP) is 2.64. The van der Waals surface area contributed by atoms with Crippen molar-refractivity contribution in [1.82, 2.24) is 4.98 Å². The summed E-state index contributed by atoms with van der Waals surface area (Å²) in [4.78, 5) is 4.08. The van der Waals surface area contributed by atoms with Gasteiger partial charge >= 0.3 is 0 Å². The predicted molar refractivity (Wildman–Crippen MR) is 54.0 cm³/mol. The van der Waals surface area contributed by atoms with Crippen molar-refractivity contribution in [2.45, 2.75) is 33.6 Å². The van der Waals surface area contributed by atoms with Crippen LogP contribution in [-0.2, 0) is 6.42 Å². The zero-order chi connectivity index (χ0) is 9.40. The van der Waals surface area contributed by atoms with Crippen molar-refractivity contribution in [1.29, 1.82) is 0 Å². The second kappa shape index (κ2) is 6.65. The summed E-state index contributed by atoms with van der Waals surface area (Å²) < 4.78 is 0. The fraction of sp³-hybridized carbons (Fsp3) is 0.500. The molecule has 12 heavy (non-hydrogen) atoms. The SMILES string of the molecule is CCC.CCc1cc(N)ccn1. The molecule has 0 atom stereocenters.